The molecule has 192 valence electrons. The Morgan fingerprint density at radius 2 is 1.56 bits per heavy atom. The lowest BCUT2D eigenvalue weighted by molar-refractivity contribution is -0.137. The Morgan fingerprint density at radius 1 is 0.889 bits per heavy atom. The number of ether oxygens (including phenoxy) is 1. The van der Waals surface area contributed by atoms with E-state index in [1.165, 1.54) is 24.8 Å². The largest absolute Gasteiger partial charge is 0.490 e. The lowest BCUT2D eigenvalue weighted by Crippen LogP contribution is -2.13. The molecule has 0 bridgehead atoms. The van der Waals surface area contributed by atoms with Crippen molar-refractivity contribution in [2.75, 3.05) is 10.6 Å². The summed E-state index contributed by atoms with van der Waals surface area (Å²) in [5.74, 6) is 0.488. The number of hydrogen-bond acceptors (Lipinski definition) is 5. The highest BCUT2D eigenvalue weighted by Gasteiger charge is 2.35. The minimum Gasteiger partial charge on any atom is -0.490 e. The van der Waals surface area contributed by atoms with Crippen molar-refractivity contribution in [3.8, 4) is 5.75 Å². The highest BCUT2D eigenvalue weighted by molar-refractivity contribution is 5.63. The van der Waals surface area contributed by atoms with Gasteiger partial charge in [-0.05, 0) is 80.5 Å². The molecule has 0 saturated heterocycles. The quantitative estimate of drug-likeness (QED) is 0.260. The fourth-order valence-electron chi connectivity index (χ4n) is 4.34. The molecule has 5 nitrogen and oxygen atoms in total. The van der Waals surface area contributed by atoms with Crippen molar-refractivity contribution in [1.29, 1.82) is 0 Å². The van der Waals surface area contributed by atoms with Crippen LogP contribution in [-0.2, 0) is 12.6 Å². The first-order chi connectivity index (χ1) is 17.4. The zero-order valence-corrected chi connectivity index (χ0v) is 20.6. The van der Waals surface area contributed by atoms with Crippen LogP contribution in [0.25, 0.3) is 0 Å². The highest BCUT2D eigenvalue weighted by Crippen LogP contribution is 2.36. The predicted molar refractivity (Wildman–Crippen MR) is 137 cm³/mol. The molecule has 1 heterocycles. The molecule has 2 aromatic carbocycles. The van der Waals surface area contributed by atoms with Gasteiger partial charge in [0.25, 0.3) is 0 Å². The van der Waals surface area contributed by atoms with Gasteiger partial charge in [-0.25, -0.2) is 4.98 Å². The van der Waals surface area contributed by atoms with E-state index >= 15 is 0 Å². The highest BCUT2D eigenvalue weighted by atomic mass is 19.4. The van der Waals surface area contributed by atoms with Gasteiger partial charge in [0.2, 0.25) is 5.95 Å². The van der Waals surface area contributed by atoms with Gasteiger partial charge in [-0.15, -0.1) is 0 Å². The fraction of sp³-hybridized carbons (Fsp3) is 0.429. The van der Waals surface area contributed by atoms with Crippen LogP contribution in [-0.4, -0.2) is 16.1 Å². The molecule has 3 aromatic rings. The number of benzene rings is 2. The van der Waals surface area contributed by atoms with Crippen LogP contribution in [0.15, 0.2) is 54.7 Å². The number of halogens is 3. The van der Waals surface area contributed by atoms with Crippen LogP contribution < -0.4 is 15.4 Å². The van der Waals surface area contributed by atoms with E-state index in [9.17, 15) is 13.2 Å². The van der Waals surface area contributed by atoms with Crippen LogP contribution in [0.5, 0.6) is 5.75 Å². The Balaban J connectivity index is 1.44. The molecule has 1 aliphatic carbocycles. The lowest BCUT2D eigenvalue weighted by atomic mass is 10.1. The monoisotopic (exact) mass is 498 g/mol. The smallest absolute Gasteiger partial charge is 0.421 e. The summed E-state index contributed by atoms with van der Waals surface area (Å²) in [6, 6.07) is 14.7. The molecular weight excluding hydrogens is 465 g/mol. The third-order valence-corrected chi connectivity index (χ3v) is 6.35. The lowest BCUT2D eigenvalue weighted by Gasteiger charge is -2.16. The van der Waals surface area contributed by atoms with Crippen LogP contribution in [0.3, 0.4) is 0 Å². The van der Waals surface area contributed by atoms with Gasteiger partial charge in [0, 0.05) is 17.6 Å². The van der Waals surface area contributed by atoms with Crippen molar-refractivity contribution in [3.63, 3.8) is 0 Å². The van der Waals surface area contributed by atoms with E-state index in [4.69, 9.17) is 4.74 Å². The summed E-state index contributed by atoms with van der Waals surface area (Å²) in [6.45, 7) is 2.19. The minimum atomic E-state index is -4.59. The Bertz CT molecular complexity index is 1100. The molecule has 0 aliphatic heterocycles. The molecule has 0 amide bonds. The van der Waals surface area contributed by atoms with E-state index in [2.05, 4.69) is 27.5 Å². The Labute approximate surface area is 210 Å². The van der Waals surface area contributed by atoms with E-state index < -0.39 is 11.7 Å². The third-order valence-electron chi connectivity index (χ3n) is 6.35. The summed E-state index contributed by atoms with van der Waals surface area (Å²) < 4.78 is 46.8. The Hall–Kier alpha value is -3.29. The van der Waals surface area contributed by atoms with Crippen LogP contribution >= 0.6 is 0 Å². The second kappa shape index (κ2) is 12.1. The topological polar surface area (TPSA) is 59.1 Å². The maximum absolute atomic E-state index is 13.6. The summed E-state index contributed by atoms with van der Waals surface area (Å²) in [7, 11) is 0. The van der Waals surface area contributed by atoms with Gasteiger partial charge in [-0.2, -0.15) is 18.2 Å². The average Bonchev–Trinajstić information content (AvgIpc) is 3.37. The minimum absolute atomic E-state index is 0.0855. The van der Waals surface area contributed by atoms with Gasteiger partial charge in [-0.1, -0.05) is 38.3 Å². The zero-order chi connectivity index (χ0) is 25.4. The van der Waals surface area contributed by atoms with Gasteiger partial charge >= 0.3 is 6.18 Å². The summed E-state index contributed by atoms with van der Waals surface area (Å²) in [5, 5.41) is 5.81. The van der Waals surface area contributed by atoms with Crippen LogP contribution in [0, 0.1) is 0 Å². The van der Waals surface area contributed by atoms with Crippen molar-refractivity contribution < 1.29 is 17.9 Å². The summed E-state index contributed by atoms with van der Waals surface area (Å²) in [5.41, 5.74) is 1.50. The first-order valence-electron chi connectivity index (χ1n) is 12.7. The van der Waals surface area contributed by atoms with Crippen molar-refractivity contribution >= 4 is 23.1 Å². The maximum atomic E-state index is 13.6. The van der Waals surface area contributed by atoms with E-state index in [0.29, 0.717) is 17.1 Å². The van der Waals surface area contributed by atoms with Crippen molar-refractivity contribution in [1.82, 2.24) is 9.97 Å². The number of rotatable bonds is 11. The second-order valence-corrected chi connectivity index (χ2v) is 9.26. The van der Waals surface area contributed by atoms with E-state index in [-0.39, 0.29) is 17.9 Å². The molecular formula is C28H33F3N4O. The maximum Gasteiger partial charge on any atom is 0.421 e. The summed E-state index contributed by atoms with van der Waals surface area (Å²) in [4.78, 5) is 8.05. The molecule has 1 fully saturated rings. The molecule has 0 radical (unpaired) electrons. The molecule has 2 N–H and O–H groups in total. The second-order valence-electron chi connectivity index (χ2n) is 9.26. The predicted octanol–water partition coefficient (Wildman–Crippen LogP) is 8.43. The standard InChI is InChI=1S/C28H33F3N4O/c1-2-3-4-5-8-20-11-13-22(14-12-20)34-27-32-19-25(28(29,30)31)26(35-27)33-21-15-17-24(18-16-21)36-23-9-6-7-10-23/h11-19,23H,2-10H2,1H3,(H2,32,33,34,35). The molecule has 1 saturated carbocycles. The Morgan fingerprint density at radius 3 is 2.22 bits per heavy atom. The molecule has 8 heteroatoms. The number of hydrogen-bond donors (Lipinski definition) is 2. The molecule has 0 spiro atoms. The number of aryl methyl sites for hydroxylation is 1. The third kappa shape index (κ3) is 7.35. The molecule has 0 atom stereocenters. The number of unbranched alkanes of at least 4 members (excludes halogenated alkanes) is 3. The van der Waals surface area contributed by atoms with Crippen molar-refractivity contribution in [2.45, 2.75) is 77.0 Å². The van der Waals surface area contributed by atoms with E-state index in [1.54, 1.807) is 24.3 Å². The van der Waals surface area contributed by atoms with E-state index in [1.807, 2.05) is 24.3 Å². The molecule has 36 heavy (non-hydrogen) atoms. The number of alkyl halides is 3. The Kier molecular flexibility index (Phi) is 8.67. The van der Waals surface area contributed by atoms with Crippen LogP contribution in [0.4, 0.5) is 36.3 Å². The summed E-state index contributed by atoms with van der Waals surface area (Å²) in [6.07, 6.45) is 6.63. The van der Waals surface area contributed by atoms with Gasteiger partial charge in [-0.3, -0.25) is 0 Å². The first kappa shape index (κ1) is 25.8. The van der Waals surface area contributed by atoms with Gasteiger partial charge in [0.05, 0.1) is 6.10 Å². The van der Waals surface area contributed by atoms with Crippen LogP contribution in [0.2, 0.25) is 0 Å². The first-order valence-corrected chi connectivity index (χ1v) is 12.7. The molecule has 4 rings (SSSR count). The number of anilines is 4. The number of aromatic nitrogens is 2. The van der Waals surface area contributed by atoms with Crippen molar-refractivity contribution in [2.24, 2.45) is 0 Å². The summed E-state index contributed by atoms with van der Waals surface area (Å²) >= 11 is 0. The SMILES string of the molecule is CCCCCCc1ccc(Nc2ncc(C(F)(F)F)c(Nc3ccc(OC4CCCC4)cc3)n2)cc1. The van der Waals surface area contributed by atoms with E-state index in [0.717, 1.165) is 44.7 Å². The number of nitrogens with zero attached hydrogens (tertiary/aromatic N) is 2. The average molecular weight is 499 g/mol. The zero-order valence-electron chi connectivity index (χ0n) is 20.6. The molecule has 1 aliphatic rings. The molecule has 0 unspecified atom stereocenters. The normalized spacial score (nSPS) is 14.1. The fourth-order valence-corrected chi connectivity index (χ4v) is 4.34. The number of nitrogens with one attached hydrogen (secondary N) is 2. The van der Waals surface area contributed by atoms with Gasteiger partial charge in [0.15, 0.2) is 0 Å². The molecule has 1 aromatic heterocycles. The van der Waals surface area contributed by atoms with Gasteiger partial charge in [0.1, 0.15) is 17.1 Å². The van der Waals surface area contributed by atoms with Gasteiger partial charge < -0.3 is 15.4 Å². The van der Waals surface area contributed by atoms with Crippen molar-refractivity contribution in [3.05, 3.63) is 65.9 Å². The van der Waals surface area contributed by atoms with Crippen LogP contribution in [0.1, 0.15) is 69.4 Å².